The molecule has 1 aliphatic rings. The molecule has 0 saturated carbocycles. The summed E-state index contributed by atoms with van der Waals surface area (Å²) in [5.74, 6) is -2.91. The standard InChI is InChI=1S/C17H17F3N2O3/c1-2-6-14(11-7-4-3-5-8-11)21-16(25)22-9-12(15(23)24)13(10-22)17(18,19)20/h1,3-5,7-8,12-14H,6,9-10H2,(H,21,25)(H,23,24)/t12-,13-,14?/m1/s1. The van der Waals surface area contributed by atoms with E-state index in [0.29, 0.717) is 0 Å². The molecule has 0 aliphatic carbocycles. The molecule has 2 N–H and O–H groups in total. The number of nitrogens with zero attached hydrogens (tertiary/aromatic N) is 1. The van der Waals surface area contributed by atoms with Gasteiger partial charge in [-0.05, 0) is 5.56 Å². The number of terminal acetylenes is 1. The molecule has 134 valence electrons. The lowest BCUT2D eigenvalue weighted by Gasteiger charge is -2.23. The smallest absolute Gasteiger partial charge is 0.394 e. The number of rotatable bonds is 4. The summed E-state index contributed by atoms with van der Waals surface area (Å²) in [6, 6.07) is 7.44. The summed E-state index contributed by atoms with van der Waals surface area (Å²) >= 11 is 0. The van der Waals surface area contributed by atoms with Crippen molar-refractivity contribution in [2.45, 2.75) is 18.6 Å². The van der Waals surface area contributed by atoms with Crippen molar-refractivity contribution in [3.05, 3.63) is 35.9 Å². The second-order valence-electron chi connectivity index (χ2n) is 5.82. The summed E-state index contributed by atoms with van der Waals surface area (Å²) in [6.07, 6.45) is 0.772. The number of carboxylic acids is 1. The maximum Gasteiger partial charge on any atom is 0.394 e. The van der Waals surface area contributed by atoms with Crippen LogP contribution in [0.2, 0.25) is 0 Å². The van der Waals surface area contributed by atoms with E-state index in [2.05, 4.69) is 11.2 Å². The molecule has 25 heavy (non-hydrogen) atoms. The summed E-state index contributed by atoms with van der Waals surface area (Å²) in [4.78, 5) is 24.3. The largest absolute Gasteiger partial charge is 0.481 e. The molecule has 1 aromatic carbocycles. The number of aliphatic carboxylic acids is 1. The van der Waals surface area contributed by atoms with Gasteiger partial charge in [0.2, 0.25) is 0 Å². The lowest BCUT2D eigenvalue weighted by atomic mass is 9.96. The van der Waals surface area contributed by atoms with E-state index in [1.54, 1.807) is 30.3 Å². The Morgan fingerprint density at radius 1 is 1.32 bits per heavy atom. The van der Waals surface area contributed by atoms with Crippen molar-refractivity contribution in [1.29, 1.82) is 0 Å². The third-order valence-corrected chi connectivity index (χ3v) is 4.17. The third kappa shape index (κ3) is 4.44. The number of nitrogens with one attached hydrogen (secondary N) is 1. The van der Waals surface area contributed by atoms with Gasteiger partial charge < -0.3 is 15.3 Å². The molecule has 2 rings (SSSR count). The number of carboxylic acid groups (broad SMARTS) is 1. The number of carbonyl (C=O) groups excluding carboxylic acids is 1. The molecule has 1 fully saturated rings. The zero-order valence-corrected chi connectivity index (χ0v) is 13.2. The Labute approximate surface area is 142 Å². The van der Waals surface area contributed by atoms with Crippen LogP contribution in [0.5, 0.6) is 0 Å². The van der Waals surface area contributed by atoms with Gasteiger partial charge in [0.15, 0.2) is 0 Å². The fourth-order valence-corrected chi connectivity index (χ4v) is 2.85. The summed E-state index contributed by atoms with van der Waals surface area (Å²) in [6.45, 7) is -1.19. The fraction of sp³-hybridized carbons (Fsp3) is 0.412. The molecule has 1 unspecified atom stereocenters. The minimum absolute atomic E-state index is 0.161. The lowest BCUT2D eigenvalue weighted by Crippen LogP contribution is -2.41. The van der Waals surface area contributed by atoms with Gasteiger partial charge in [-0.3, -0.25) is 4.79 Å². The Kier molecular flexibility index (Phi) is 5.57. The van der Waals surface area contributed by atoms with Gasteiger partial charge in [0.05, 0.1) is 17.9 Å². The molecule has 1 saturated heterocycles. The molecule has 1 aromatic rings. The van der Waals surface area contributed by atoms with Crippen LogP contribution in [0.25, 0.3) is 0 Å². The Hall–Kier alpha value is -2.69. The summed E-state index contributed by atoms with van der Waals surface area (Å²) in [7, 11) is 0. The first kappa shape index (κ1) is 18.6. The molecular weight excluding hydrogens is 337 g/mol. The van der Waals surface area contributed by atoms with Gasteiger partial charge in [0.1, 0.15) is 0 Å². The average Bonchev–Trinajstić information content (AvgIpc) is 3.01. The Morgan fingerprint density at radius 2 is 1.96 bits per heavy atom. The summed E-state index contributed by atoms with van der Waals surface area (Å²) < 4.78 is 39.0. The van der Waals surface area contributed by atoms with E-state index in [0.717, 1.165) is 10.5 Å². The van der Waals surface area contributed by atoms with Gasteiger partial charge in [-0.15, -0.1) is 12.3 Å². The highest BCUT2D eigenvalue weighted by atomic mass is 19.4. The van der Waals surface area contributed by atoms with Gasteiger partial charge in [0.25, 0.3) is 0 Å². The number of carbonyl (C=O) groups is 2. The molecule has 1 aliphatic heterocycles. The second-order valence-corrected chi connectivity index (χ2v) is 5.82. The van der Waals surface area contributed by atoms with Crippen molar-refractivity contribution < 1.29 is 27.9 Å². The topological polar surface area (TPSA) is 69.6 Å². The van der Waals surface area contributed by atoms with Gasteiger partial charge in [-0.25, -0.2) is 4.79 Å². The molecule has 8 heteroatoms. The SMILES string of the molecule is C#CCC(NC(=O)N1C[C@@H](C(F)(F)F)[C@H](C(=O)O)C1)c1ccccc1. The highest BCUT2D eigenvalue weighted by molar-refractivity contribution is 5.78. The Morgan fingerprint density at radius 3 is 2.44 bits per heavy atom. The van der Waals surface area contributed by atoms with Crippen LogP contribution in [-0.4, -0.2) is 41.3 Å². The number of alkyl halides is 3. The number of likely N-dealkylation sites (tertiary alicyclic amines) is 1. The zero-order chi connectivity index (χ0) is 18.6. The Balaban J connectivity index is 2.12. The number of amides is 2. The van der Waals surface area contributed by atoms with Crippen molar-refractivity contribution >= 4 is 12.0 Å². The van der Waals surface area contributed by atoms with E-state index in [1.165, 1.54) is 0 Å². The highest BCUT2D eigenvalue weighted by Gasteiger charge is 2.53. The van der Waals surface area contributed by atoms with Crippen LogP contribution in [0, 0.1) is 24.2 Å². The maximum atomic E-state index is 13.0. The second kappa shape index (κ2) is 7.47. The number of hydrogen-bond acceptors (Lipinski definition) is 2. The van der Waals surface area contributed by atoms with Crippen LogP contribution in [0.15, 0.2) is 30.3 Å². The third-order valence-electron chi connectivity index (χ3n) is 4.17. The van der Waals surface area contributed by atoms with E-state index in [9.17, 15) is 22.8 Å². The minimum Gasteiger partial charge on any atom is -0.481 e. The van der Waals surface area contributed by atoms with E-state index in [4.69, 9.17) is 11.5 Å². The van der Waals surface area contributed by atoms with Gasteiger partial charge in [0, 0.05) is 19.5 Å². The van der Waals surface area contributed by atoms with Crippen molar-refractivity contribution in [3.63, 3.8) is 0 Å². The van der Waals surface area contributed by atoms with Crippen molar-refractivity contribution in [3.8, 4) is 12.3 Å². The summed E-state index contributed by atoms with van der Waals surface area (Å²) in [5.41, 5.74) is 0.718. The number of halogens is 3. The molecule has 3 atom stereocenters. The van der Waals surface area contributed by atoms with Crippen LogP contribution in [0.3, 0.4) is 0 Å². The average molecular weight is 354 g/mol. The molecule has 2 amide bonds. The van der Waals surface area contributed by atoms with E-state index in [-0.39, 0.29) is 6.42 Å². The van der Waals surface area contributed by atoms with Gasteiger partial charge in [-0.1, -0.05) is 30.3 Å². The predicted octanol–water partition coefficient (Wildman–Crippen LogP) is 2.66. The molecule has 5 nitrogen and oxygen atoms in total. The monoisotopic (exact) mass is 354 g/mol. The fourth-order valence-electron chi connectivity index (χ4n) is 2.85. The van der Waals surface area contributed by atoms with Crippen LogP contribution in [0.4, 0.5) is 18.0 Å². The predicted molar refractivity (Wildman–Crippen MR) is 83.4 cm³/mol. The van der Waals surface area contributed by atoms with Crippen molar-refractivity contribution in [1.82, 2.24) is 10.2 Å². The van der Waals surface area contributed by atoms with Crippen LogP contribution in [0.1, 0.15) is 18.0 Å². The van der Waals surface area contributed by atoms with Gasteiger partial charge in [-0.2, -0.15) is 13.2 Å². The number of urea groups is 1. The maximum absolute atomic E-state index is 13.0. The van der Waals surface area contributed by atoms with E-state index >= 15 is 0 Å². The first-order valence-corrected chi connectivity index (χ1v) is 7.57. The molecule has 0 radical (unpaired) electrons. The normalized spacial score (nSPS) is 21.4. The van der Waals surface area contributed by atoms with Crippen molar-refractivity contribution in [2.75, 3.05) is 13.1 Å². The first-order valence-electron chi connectivity index (χ1n) is 7.57. The lowest BCUT2D eigenvalue weighted by molar-refractivity contribution is -0.187. The zero-order valence-electron chi connectivity index (χ0n) is 13.2. The molecule has 0 spiro atoms. The van der Waals surface area contributed by atoms with E-state index < -0.39 is 49.1 Å². The van der Waals surface area contributed by atoms with Crippen LogP contribution in [-0.2, 0) is 4.79 Å². The quantitative estimate of drug-likeness (QED) is 0.817. The number of benzene rings is 1. The highest BCUT2D eigenvalue weighted by Crippen LogP contribution is 2.37. The summed E-state index contributed by atoms with van der Waals surface area (Å²) in [5, 5.41) is 11.6. The molecule has 0 bridgehead atoms. The van der Waals surface area contributed by atoms with Gasteiger partial charge >= 0.3 is 18.2 Å². The Bertz CT molecular complexity index is 670. The minimum atomic E-state index is -4.68. The van der Waals surface area contributed by atoms with Crippen LogP contribution >= 0.6 is 0 Å². The van der Waals surface area contributed by atoms with Crippen LogP contribution < -0.4 is 5.32 Å². The van der Waals surface area contributed by atoms with E-state index in [1.807, 2.05) is 0 Å². The van der Waals surface area contributed by atoms with Crippen molar-refractivity contribution in [2.24, 2.45) is 11.8 Å². The molecule has 1 heterocycles. The molecular formula is C17H17F3N2O3. The molecule has 0 aromatic heterocycles. The first-order chi connectivity index (χ1) is 11.7. The number of hydrogen-bond donors (Lipinski definition) is 2.